The fourth-order valence-electron chi connectivity index (χ4n) is 1.86. The topological polar surface area (TPSA) is 21.3 Å². The summed E-state index contributed by atoms with van der Waals surface area (Å²) in [5, 5.41) is 3.34. The van der Waals surface area contributed by atoms with Gasteiger partial charge in [-0.2, -0.15) is 0 Å². The average Bonchev–Trinajstić information content (AvgIpc) is 2.46. The Labute approximate surface area is 127 Å². The Balaban J connectivity index is 2.10. The molecule has 2 aromatic carbocycles. The SMILES string of the molecule is CNC(C)c1ccc(OCc2ccc(Cl)cc2F)c(F)c1. The predicted molar refractivity (Wildman–Crippen MR) is 79.6 cm³/mol. The Morgan fingerprint density at radius 2 is 1.90 bits per heavy atom. The van der Waals surface area contributed by atoms with Crippen LogP contribution in [0, 0.1) is 11.6 Å². The summed E-state index contributed by atoms with van der Waals surface area (Å²) in [6, 6.07) is 9.07. The Morgan fingerprint density at radius 3 is 2.52 bits per heavy atom. The second kappa shape index (κ2) is 6.87. The van der Waals surface area contributed by atoms with E-state index in [-0.39, 0.29) is 18.4 Å². The lowest BCUT2D eigenvalue weighted by atomic mass is 10.1. The number of ether oxygens (including phenoxy) is 1. The van der Waals surface area contributed by atoms with Gasteiger partial charge in [-0.05, 0) is 43.8 Å². The molecule has 5 heteroatoms. The minimum atomic E-state index is -0.469. The van der Waals surface area contributed by atoms with Gasteiger partial charge in [0.15, 0.2) is 11.6 Å². The van der Waals surface area contributed by atoms with Crippen molar-refractivity contribution in [3.05, 3.63) is 64.2 Å². The van der Waals surface area contributed by atoms with Crippen molar-refractivity contribution in [2.24, 2.45) is 0 Å². The normalized spacial score (nSPS) is 12.2. The Kier molecular flexibility index (Phi) is 5.15. The number of halogens is 3. The molecule has 0 aliphatic heterocycles. The largest absolute Gasteiger partial charge is 0.486 e. The third kappa shape index (κ3) is 3.93. The fourth-order valence-corrected chi connectivity index (χ4v) is 2.02. The predicted octanol–water partition coefficient (Wildman–Crippen LogP) is 4.48. The molecule has 1 N–H and O–H groups in total. The average molecular weight is 312 g/mol. The molecule has 0 aliphatic rings. The van der Waals surface area contributed by atoms with Crippen LogP contribution in [-0.4, -0.2) is 7.05 Å². The van der Waals surface area contributed by atoms with Gasteiger partial charge in [-0.15, -0.1) is 0 Å². The van der Waals surface area contributed by atoms with Crippen molar-refractivity contribution in [2.75, 3.05) is 7.05 Å². The van der Waals surface area contributed by atoms with Crippen molar-refractivity contribution in [1.29, 1.82) is 0 Å². The van der Waals surface area contributed by atoms with Gasteiger partial charge in [-0.25, -0.2) is 8.78 Å². The summed E-state index contributed by atoms with van der Waals surface area (Å²) in [4.78, 5) is 0. The van der Waals surface area contributed by atoms with Crippen LogP contribution in [0.5, 0.6) is 5.75 Å². The van der Waals surface area contributed by atoms with Crippen LogP contribution in [0.15, 0.2) is 36.4 Å². The van der Waals surface area contributed by atoms with Gasteiger partial charge in [0.05, 0.1) is 0 Å². The van der Waals surface area contributed by atoms with Crippen LogP contribution in [0.3, 0.4) is 0 Å². The smallest absolute Gasteiger partial charge is 0.165 e. The van der Waals surface area contributed by atoms with E-state index >= 15 is 0 Å². The number of hydrogen-bond acceptors (Lipinski definition) is 2. The van der Waals surface area contributed by atoms with E-state index in [1.807, 2.05) is 6.92 Å². The highest BCUT2D eigenvalue weighted by Crippen LogP contribution is 2.23. The molecule has 2 rings (SSSR count). The van der Waals surface area contributed by atoms with E-state index in [9.17, 15) is 8.78 Å². The van der Waals surface area contributed by atoms with Crippen LogP contribution in [0.1, 0.15) is 24.1 Å². The second-order valence-electron chi connectivity index (χ2n) is 4.72. The van der Waals surface area contributed by atoms with E-state index in [2.05, 4.69) is 5.32 Å². The van der Waals surface area contributed by atoms with Gasteiger partial charge in [0.25, 0.3) is 0 Å². The molecule has 2 aromatic rings. The highest BCUT2D eigenvalue weighted by atomic mass is 35.5. The molecular weight excluding hydrogens is 296 g/mol. The lowest BCUT2D eigenvalue weighted by Crippen LogP contribution is -2.12. The van der Waals surface area contributed by atoms with E-state index < -0.39 is 11.6 Å². The second-order valence-corrected chi connectivity index (χ2v) is 5.16. The maximum Gasteiger partial charge on any atom is 0.165 e. The molecule has 0 bridgehead atoms. The molecule has 0 fully saturated rings. The zero-order valence-electron chi connectivity index (χ0n) is 11.8. The standard InChI is InChI=1S/C16H16ClF2NO/c1-10(20-2)11-4-6-16(15(19)7-11)21-9-12-3-5-13(17)8-14(12)18/h3-8,10,20H,9H2,1-2H3. The van der Waals surface area contributed by atoms with E-state index in [4.69, 9.17) is 16.3 Å². The number of nitrogens with one attached hydrogen (secondary N) is 1. The first-order valence-corrected chi connectivity index (χ1v) is 6.92. The lowest BCUT2D eigenvalue weighted by Gasteiger charge is -2.13. The van der Waals surface area contributed by atoms with Crippen LogP contribution < -0.4 is 10.1 Å². The van der Waals surface area contributed by atoms with Crippen molar-refractivity contribution in [1.82, 2.24) is 5.32 Å². The summed E-state index contributed by atoms with van der Waals surface area (Å²) in [5.41, 5.74) is 1.14. The summed E-state index contributed by atoms with van der Waals surface area (Å²) >= 11 is 5.67. The van der Waals surface area contributed by atoms with Crippen LogP contribution in [0.2, 0.25) is 5.02 Å². The summed E-state index contributed by atoms with van der Waals surface area (Å²) in [6.07, 6.45) is 0. The number of benzene rings is 2. The molecule has 0 saturated heterocycles. The molecule has 1 atom stereocenters. The molecule has 0 amide bonds. The van der Waals surface area contributed by atoms with Crippen molar-refractivity contribution in [3.8, 4) is 5.75 Å². The summed E-state index contributed by atoms with van der Waals surface area (Å²) in [6.45, 7) is 1.87. The number of hydrogen-bond donors (Lipinski definition) is 1. The van der Waals surface area contributed by atoms with Gasteiger partial charge in [0.1, 0.15) is 12.4 Å². The van der Waals surface area contributed by atoms with Crippen molar-refractivity contribution < 1.29 is 13.5 Å². The van der Waals surface area contributed by atoms with Crippen LogP contribution in [0.25, 0.3) is 0 Å². The Hall–Kier alpha value is -1.65. The lowest BCUT2D eigenvalue weighted by molar-refractivity contribution is 0.284. The van der Waals surface area contributed by atoms with Gasteiger partial charge >= 0.3 is 0 Å². The van der Waals surface area contributed by atoms with Gasteiger partial charge < -0.3 is 10.1 Å². The van der Waals surface area contributed by atoms with Crippen LogP contribution in [-0.2, 0) is 6.61 Å². The van der Waals surface area contributed by atoms with Gasteiger partial charge in [-0.1, -0.05) is 23.7 Å². The summed E-state index contributed by atoms with van der Waals surface area (Å²) in [7, 11) is 1.80. The van der Waals surface area contributed by atoms with E-state index in [1.54, 1.807) is 25.2 Å². The minimum Gasteiger partial charge on any atom is -0.486 e. The molecule has 112 valence electrons. The third-order valence-corrected chi connectivity index (χ3v) is 3.52. The van der Waals surface area contributed by atoms with Gasteiger partial charge in [0.2, 0.25) is 0 Å². The van der Waals surface area contributed by atoms with E-state index in [0.29, 0.717) is 10.6 Å². The Bertz CT molecular complexity index is 634. The highest BCUT2D eigenvalue weighted by molar-refractivity contribution is 6.30. The molecular formula is C16H16ClF2NO. The molecule has 2 nitrogen and oxygen atoms in total. The fraction of sp³-hybridized carbons (Fsp3) is 0.250. The summed E-state index contributed by atoms with van der Waals surface area (Å²) in [5.74, 6) is -0.844. The molecule has 0 saturated carbocycles. The molecule has 1 unspecified atom stereocenters. The number of rotatable bonds is 5. The zero-order chi connectivity index (χ0) is 15.4. The van der Waals surface area contributed by atoms with Crippen molar-refractivity contribution in [3.63, 3.8) is 0 Å². The first-order chi connectivity index (χ1) is 10.0. The zero-order valence-corrected chi connectivity index (χ0v) is 12.5. The van der Waals surface area contributed by atoms with Crippen LogP contribution >= 0.6 is 11.6 Å². The van der Waals surface area contributed by atoms with E-state index in [0.717, 1.165) is 5.56 Å². The van der Waals surface area contributed by atoms with Crippen molar-refractivity contribution in [2.45, 2.75) is 19.6 Å². The molecule has 0 spiro atoms. The first kappa shape index (κ1) is 15.7. The highest BCUT2D eigenvalue weighted by Gasteiger charge is 2.10. The summed E-state index contributed by atoms with van der Waals surface area (Å²) < 4.78 is 32.9. The molecule has 0 radical (unpaired) electrons. The molecule has 0 heterocycles. The maximum atomic E-state index is 13.9. The van der Waals surface area contributed by atoms with Crippen LogP contribution in [0.4, 0.5) is 8.78 Å². The quantitative estimate of drug-likeness (QED) is 0.879. The maximum absolute atomic E-state index is 13.9. The van der Waals surface area contributed by atoms with Gasteiger partial charge in [-0.3, -0.25) is 0 Å². The molecule has 21 heavy (non-hydrogen) atoms. The third-order valence-electron chi connectivity index (χ3n) is 3.29. The monoisotopic (exact) mass is 311 g/mol. The minimum absolute atomic E-state index is 0.0438. The van der Waals surface area contributed by atoms with Gasteiger partial charge in [0, 0.05) is 16.6 Å². The van der Waals surface area contributed by atoms with E-state index in [1.165, 1.54) is 18.2 Å². The first-order valence-electron chi connectivity index (χ1n) is 6.54. The van der Waals surface area contributed by atoms with Crippen molar-refractivity contribution >= 4 is 11.6 Å². The Morgan fingerprint density at radius 1 is 1.14 bits per heavy atom. The molecule has 0 aromatic heterocycles. The molecule has 0 aliphatic carbocycles.